The quantitative estimate of drug-likeness (QED) is 0.495. The molecule has 0 radical (unpaired) electrons. The van der Waals surface area contributed by atoms with Gasteiger partial charge in [0.05, 0.1) is 5.69 Å². The van der Waals surface area contributed by atoms with Crippen LogP contribution >= 0.6 is 0 Å². The molecule has 1 saturated heterocycles. The third kappa shape index (κ3) is 5.20. The van der Waals surface area contributed by atoms with Gasteiger partial charge < -0.3 is 29.9 Å². The molecule has 9 nitrogen and oxygen atoms in total. The van der Waals surface area contributed by atoms with Crippen molar-refractivity contribution < 1.29 is 14.0 Å². The number of fused-ring (bicyclic) bond motifs is 1. The van der Waals surface area contributed by atoms with E-state index in [9.17, 15) is 9.59 Å². The molecule has 1 fully saturated rings. The minimum Gasteiger partial charge on any atom is -0.459 e. The van der Waals surface area contributed by atoms with E-state index >= 15 is 0 Å². The van der Waals surface area contributed by atoms with Crippen LogP contribution in [0.5, 0.6) is 0 Å². The van der Waals surface area contributed by atoms with Crippen LogP contribution in [0.1, 0.15) is 31.1 Å². The Balaban J connectivity index is 1.54. The van der Waals surface area contributed by atoms with E-state index < -0.39 is 0 Å². The standard InChI is InChI=1S/C25H34N6O3/c1-18-14-22-15-21(16-23(25(22)34-18)29-12-10-28(11-13-29)19(2)32)20-4-3-7-30(17-20)24(33)5-8-31(27)9-6-26/h4,6,9,14-16H,3,5,7-8,10-13,17,26-27H2,1-2H3/b9-6-. The van der Waals surface area contributed by atoms with Gasteiger partial charge in [0.1, 0.15) is 5.76 Å². The number of nitrogens with two attached hydrogens (primary N) is 2. The van der Waals surface area contributed by atoms with Gasteiger partial charge in [-0.2, -0.15) is 0 Å². The number of aryl methyl sites for hydroxylation is 1. The highest BCUT2D eigenvalue weighted by atomic mass is 16.3. The highest BCUT2D eigenvalue weighted by Crippen LogP contribution is 2.35. The van der Waals surface area contributed by atoms with Crippen molar-refractivity contribution in [3.63, 3.8) is 0 Å². The molecule has 1 aromatic heterocycles. The van der Waals surface area contributed by atoms with E-state index in [0.717, 1.165) is 53.1 Å². The molecule has 0 atom stereocenters. The molecule has 2 aliphatic heterocycles. The Morgan fingerprint density at radius 2 is 1.88 bits per heavy atom. The summed E-state index contributed by atoms with van der Waals surface area (Å²) in [6.45, 7) is 8.17. The van der Waals surface area contributed by atoms with Crippen LogP contribution in [0.4, 0.5) is 5.69 Å². The molecule has 0 spiro atoms. The lowest BCUT2D eigenvalue weighted by Gasteiger charge is -2.36. The second-order valence-electron chi connectivity index (χ2n) is 8.93. The number of amides is 2. The van der Waals surface area contributed by atoms with Crippen LogP contribution in [0.2, 0.25) is 0 Å². The number of furan rings is 1. The summed E-state index contributed by atoms with van der Waals surface area (Å²) in [5, 5.41) is 2.47. The second-order valence-corrected chi connectivity index (χ2v) is 8.93. The van der Waals surface area contributed by atoms with Crippen LogP contribution in [-0.2, 0) is 9.59 Å². The zero-order valence-electron chi connectivity index (χ0n) is 20.0. The van der Waals surface area contributed by atoms with E-state index in [1.807, 2.05) is 16.7 Å². The van der Waals surface area contributed by atoms with Gasteiger partial charge in [-0.25, -0.2) is 5.84 Å². The predicted molar refractivity (Wildman–Crippen MR) is 133 cm³/mol. The highest BCUT2D eigenvalue weighted by Gasteiger charge is 2.24. The van der Waals surface area contributed by atoms with Crippen molar-refractivity contribution in [1.82, 2.24) is 14.8 Å². The highest BCUT2D eigenvalue weighted by molar-refractivity contribution is 5.94. The number of hydrogen-bond donors (Lipinski definition) is 2. The lowest BCUT2D eigenvalue weighted by atomic mass is 9.98. The molecule has 0 bridgehead atoms. The lowest BCUT2D eigenvalue weighted by Crippen LogP contribution is -2.48. The van der Waals surface area contributed by atoms with Crippen molar-refractivity contribution in [3.8, 4) is 0 Å². The first kappa shape index (κ1) is 23.7. The predicted octanol–water partition coefficient (Wildman–Crippen LogP) is 2.02. The number of piperazine rings is 1. The minimum atomic E-state index is 0.0762. The summed E-state index contributed by atoms with van der Waals surface area (Å²) in [6, 6.07) is 6.37. The third-order valence-electron chi connectivity index (χ3n) is 6.52. The molecule has 4 N–H and O–H groups in total. The van der Waals surface area contributed by atoms with Gasteiger partial charge in [-0.15, -0.1) is 0 Å². The first-order valence-electron chi connectivity index (χ1n) is 11.8. The minimum absolute atomic E-state index is 0.0762. The Morgan fingerprint density at radius 3 is 2.59 bits per heavy atom. The molecule has 9 heteroatoms. The van der Waals surface area contributed by atoms with Crippen molar-refractivity contribution in [3.05, 3.63) is 48.0 Å². The van der Waals surface area contributed by atoms with E-state index in [0.29, 0.717) is 39.1 Å². The fourth-order valence-corrected chi connectivity index (χ4v) is 4.68. The van der Waals surface area contributed by atoms with Crippen molar-refractivity contribution in [2.24, 2.45) is 11.6 Å². The molecule has 0 saturated carbocycles. The summed E-state index contributed by atoms with van der Waals surface area (Å²) in [5.74, 6) is 6.85. The number of hydrogen-bond acceptors (Lipinski definition) is 7. The molecule has 3 heterocycles. The van der Waals surface area contributed by atoms with Crippen LogP contribution in [0.25, 0.3) is 16.5 Å². The van der Waals surface area contributed by atoms with E-state index in [1.54, 1.807) is 13.1 Å². The summed E-state index contributed by atoms with van der Waals surface area (Å²) < 4.78 is 6.07. The Morgan fingerprint density at radius 1 is 1.12 bits per heavy atom. The molecule has 1 aromatic carbocycles. The average molecular weight is 467 g/mol. The largest absolute Gasteiger partial charge is 0.459 e. The molecule has 2 amide bonds. The van der Waals surface area contributed by atoms with Crippen molar-refractivity contribution in [1.29, 1.82) is 0 Å². The zero-order valence-corrected chi connectivity index (χ0v) is 20.0. The maximum atomic E-state index is 12.8. The molecule has 4 rings (SSSR count). The van der Waals surface area contributed by atoms with Crippen molar-refractivity contribution >= 4 is 34.0 Å². The van der Waals surface area contributed by atoms with Gasteiger partial charge in [-0.3, -0.25) is 9.59 Å². The van der Waals surface area contributed by atoms with Crippen molar-refractivity contribution in [2.75, 3.05) is 50.7 Å². The first-order chi connectivity index (χ1) is 16.4. The smallest absolute Gasteiger partial charge is 0.224 e. The number of anilines is 1. The Bertz CT molecular complexity index is 1110. The van der Waals surface area contributed by atoms with Gasteiger partial charge in [-0.05, 0) is 42.7 Å². The lowest BCUT2D eigenvalue weighted by molar-refractivity contribution is -0.131. The molecule has 182 valence electrons. The van der Waals surface area contributed by atoms with Crippen LogP contribution < -0.4 is 16.5 Å². The van der Waals surface area contributed by atoms with Crippen LogP contribution in [0, 0.1) is 6.92 Å². The number of benzene rings is 1. The maximum absolute atomic E-state index is 12.8. The van der Waals surface area contributed by atoms with Gasteiger partial charge in [0.15, 0.2) is 5.58 Å². The fourth-order valence-electron chi connectivity index (χ4n) is 4.68. The van der Waals surface area contributed by atoms with Crippen LogP contribution in [0.15, 0.2) is 41.1 Å². The molecular formula is C25H34N6O3. The average Bonchev–Trinajstić information content (AvgIpc) is 3.22. The zero-order chi connectivity index (χ0) is 24.2. The molecule has 2 aliphatic rings. The van der Waals surface area contributed by atoms with E-state index in [1.165, 1.54) is 11.2 Å². The molecule has 2 aromatic rings. The van der Waals surface area contributed by atoms with Gasteiger partial charge in [0, 0.05) is 76.9 Å². The number of nitrogens with zero attached hydrogens (tertiary/aromatic N) is 4. The van der Waals surface area contributed by atoms with Crippen LogP contribution in [-0.4, -0.2) is 72.4 Å². The van der Waals surface area contributed by atoms with Gasteiger partial charge in [0.2, 0.25) is 11.8 Å². The number of carbonyl (C=O) groups excluding carboxylic acids is 2. The monoisotopic (exact) mass is 466 g/mol. The van der Waals surface area contributed by atoms with E-state index in [4.69, 9.17) is 16.0 Å². The summed E-state index contributed by atoms with van der Waals surface area (Å²) in [6.07, 6.45) is 6.28. The maximum Gasteiger partial charge on any atom is 0.224 e. The summed E-state index contributed by atoms with van der Waals surface area (Å²) in [4.78, 5) is 30.6. The fraction of sp³-hybridized carbons (Fsp3) is 0.440. The Hall–Kier alpha value is -3.46. The van der Waals surface area contributed by atoms with E-state index in [-0.39, 0.29) is 11.8 Å². The number of carbonyl (C=O) groups is 2. The Kier molecular flexibility index (Phi) is 7.12. The van der Waals surface area contributed by atoms with Crippen molar-refractivity contribution in [2.45, 2.75) is 26.7 Å². The van der Waals surface area contributed by atoms with Gasteiger partial charge in [0.25, 0.3) is 0 Å². The summed E-state index contributed by atoms with van der Waals surface area (Å²) in [7, 11) is 0. The van der Waals surface area contributed by atoms with Crippen LogP contribution in [0.3, 0.4) is 0 Å². The van der Waals surface area contributed by atoms with Gasteiger partial charge in [-0.1, -0.05) is 6.08 Å². The molecule has 0 aliphatic carbocycles. The topological polar surface area (TPSA) is 112 Å². The molecule has 34 heavy (non-hydrogen) atoms. The molecular weight excluding hydrogens is 432 g/mol. The third-order valence-corrected chi connectivity index (χ3v) is 6.52. The van der Waals surface area contributed by atoms with E-state index in [2.05, 4.69) is 29.2 Å². The molecule has 0 unspecified atom stereocenters. The summed E-state index contributed by atoms with van der Waals surface area (Å²) in [5.41, 5.74) is 9.50. The Labute approximate surface area is 200 Å². The number of rotatable bonds is 6. The normalized spacial score (nSPS) is 16.9. The summed E-state index contributed by atoms with van der Waals surface area (Å²) >= 11 is 0. The second kappa shape index (κ2) is 10.2. The SMILES string of the molecule is CC(=O)N1CCN(c2cc(C3=CCCN(C(=O)CCN(N)/C=C\N)C3)cc3cc(C)oc23)CC1. The van der Waals surface area contributed by atoms with Gasteiger partial charge >= 0.3 is 0 Å². The first-order valence-corrected chi connectivity index (χ1v) is 11.8. The number of hydrazine groups is 1.